The standard InChI is InChI=1S/C44H50O26/c1-61-22-7-15(8-23(62-2)29(22)52)3-6-27(51)68-40-35(58)31(54)25(13-46)66-43(40)70-41-36(59)32(55)26(14-47)67-44(41)69-39-33(56)28-20(50)10-17(63-42-37(60)34(57)30(53)24(12-45)65-42)11-21(28)64-38(39)16-4-5-18(48)19(49)9-16/h3-11,24-26,30-32,34-37,40-50,52-55,57-60H,12-14H2,1-2H3/t24-,25-,26-,30-,31-,32-,34+,35+,36+,37-,40-,41-,42-,43+,44+/m1/s1. The summed E-state index contributed by atoms with van der Waals surface area (Å²) in [5.41, 5.74) is -1.66. The first-order valence-electron chi connectivity index (χ1n) is 21.1. The summed E-state index contributed by atoms with van der Waals surface area (Å²) in [6.07, 6.45) is -26.5. The number of methoxy groups -OCH3 is 2. The number of phenolic OH excluding ortho intramolecular Hbond substituents is 4. The predicted octanol–water partition coefficient (Wildman–Crippen LogP) is -3.25. The zero-order valence-electron chi connectivity index (χ0n) is 36.6. The van der Waals surface area contributed by atoms with E-state index in [1.807, 2.05) is 0 Å². The molecular formula is C44H50O26. The van der Waals surface area contributed by atoms with Crippen molar-refractivity contribution in [3.05, 3.63) is 64.3 Å². The number of carbonyl (C=O) groups is 1. The second kappa shape index (κ2) is 21.5. The molecule has 70 heavy (non-hydrogen) atoms. The third kappa shape index (κ3) is 10.2. The van der Waals surface area contributed by atoms with Gasteiger partial charge in [0, 0.05) is 23.8 Å². The van der Waals surface area contributed by atoms with E-state index in [4.69, 9.17) is 47.0 Å². The first-order valence-corrected chi connectivity index (χ1v) is 21.1. The molecule has 4 aromatic rings. The molecule has 0 aliphatic carbocycles. The van der Waals surface area contributed by atoms with E-state index in [1.165, 1.54) is 32.4 Å². The van der Waals surface area contributed by atoms with E-state index >= 15 is 0 Å². The Bertz CT molecular complexity index is 2560. The minimum atomic E-state index is -2.17. The summed E-state index contributed by atoms with van der Waals surface area (Å²) >= 11 is 0. The molecule has 3 aromatic carbocycles. The molecule has 382 valence electrons. The Morgan fingerprint density at radius 3 is 1.79 bits per heavy atom. The first kappa shape index (κ1) is 51.8. The first-order chi connectivity index (χ1) is 33.3. The molecule has 0 radical (unpaired) electrons. The fourth-order valence-electron chi connectivity index (χ4n) is 7.79. The monoisotopic (exact) mass is 994 g/mol. The van der Waals surface area contributed by atoms with E-state index in [9.17, 15) is 81.1 Å². The van der Waals surface area contributed by atoms with Crippen molar-refractivity contribution in [2.45, 2.75) is 92.1 Å². The number of hydrogen-bond acceptors (Lipinski definition) is 26. The van der Waals surface area contributed by atoms with Gasteiger partial charge in [-0.1, -0.05) is 0 Å². The molecule has 0 spiro atoms. The maximum atomic E-state index is 14.6. The van der Waals surface area contributed by atoms with Gasteiger partial charge in [-0.05, 0) is 42.0 Å². The summed E-state index contributed by atoms with van der Waals surface area (Å²) in [5, 5.41) is 147. The molecule has 0 saturated carbocycles. The van der Waals surface area contributed by atoms with Gasteiger partial charge in [0.05, 0.1) is 34.0 Å². The molecule has 3 fully saturated rings. The van der Waals surface area contributed by atoms with Gasteiger partial charge in [0.15, 0.2) is 47.3 Å². The lowest BCUT2D eigenvalue weighted by atomic mass is 9.97. The van der Waals surface area contributed by atoms with E-state index in [1.54, 1.807) is 0 Å². The van der Waals surface area contributed by atoms with Gasteiger partial charge in [0.25, 0.3) is 0 Å². The molecule has 3 aliphatic rings. The Hall–Kier alpha value is -6.08. The van der Waals surface area contributed by atoms with E-state index in [-0.39, 0.29) is 34.1 Å². The lowest BCUT2D eigenvalue weighted by molar-refractivity contribution is -0.358. The largest absolute Gasteiger partial charge is 0.507 e. The third-order valence-electron chi connectivity index (χ3n) is 11.6. The van der Waals surface area contributed by atoms with Crippen LogP contribution in [0.4, 0.5) is 0 Å². The summed E-state index contributed by atoms with van der Waals surface area (Å²) in [4.78, 5) is 27.8. The summed E-state index contributed by atoms with van der Waals surface area (Å²) < 4.78 is 56.2. The van der Waals surface area contributed by atoms with Crippen molar-refractivity contribution in [1.82, 2.24) is 0 Å². The molecule has 7 rings (SSSR count). The van der Waals surface area contributed by atoms with Gasteiger partial charge < -0.3 is 119 Å². The number of fused-ring (bicyclic) bond motifs is 1. The smallest absolute Gasteiger partial charge is 0.331 e. The second-order valence-electron chi connectivity index (χ2n) is 16.1. The summed E-state index contributed by atoms with van der Waals surface area (Å²) in [5.74, 6) is -5.68. The number of aliphatic hydroxyl groups excluding tert-OH is 10. The Kier molecular flexibility index (Phi) is 15.9. The van der Waals surface area contributed by atoms with E-state index in [2.05, 4.69) is 0 Å². The molecule has 26 heteroatoms. The van der Waals surface area contributed by atoms with Crippen LogP contribution in [0.1, 0.15) is 5.56 Å². The fourth-order valence-corrected chi connectivity index (χ4v) is 7.79. The van der Waals surface area contributed by atoms with Crippen molar-refractivity contribution in [1.29, 1.82) is 0 Å². The minimum absolute atomic E-state index is 0.0220. The Morgan fingerprint density at radius 2 is 1.20 bits per heavy atom. The highest BCUT2D eigenvalue weighted by Crippen LogP contribution is 2.42. The van der Waals surface area contributed by atoms with Crippen LogP contribution < -0.4 is 24.4 Å². The van der Waals surface area contributed by atoms with Crippen LogP contribution in [0.5, 0.6) is 46.0 Å². The van der Waals surface area contributed by atoms with Crippen LogP contribution in [0, 0.1) is 0 Å². The quantitative estimate of drug-likeness (QED) is 0.0316. The van der Waals surface area contributed by atoms with Gasteiger partial charge in [0.1, 0.15) is 83.5 Å². The van der Waals surface area contributed by atoms with Crippen molar-refractivity contribution in [3.63, 3.8) is 0 Å². The molecule has 0 unspecified atom stereocenters. The SMILES string of the molecule is COc1cc(C=CC(=O)O[C@H]2[C@H](O[C@H]3[C@H](Oc4c(-c5ccc(O)c(O)c5)oc5cc(O[C@@H]6O[C@H](CO)[C@@H](O)[C@H](O)[C@H]6O)cc(O)c5c4=O)O[C@H](CO)[C@@H](O)[C@@H]3O)O[C@H](CO)[C@@H](O)[C@@H]2O)cc(OC)c1O. The lowest BCUT2D eigenvalue weighted by Crippen LogP contribution is -2.65. The number of hydrogen-bond donors (Lipinski definition) is 14. The zero-order chi connectivity index (χ0) is 50.9. The molecule has 0 bridgehead atoms. The van der Waals surface area contributed by atoms with Crippen molar-refractivity contribution >= 4 is 23.0 Å². The van der Waals surface area contributed by atoms with Crippen molar-refractivity contribution in [2.75, 3.05) is 34.0 Å². The number of ether oxygens (including phenoxy) is 9. The maximum Gasteiger partial charge on any atom is 0.331 e. The molecule has 15 atom stereocenters. The number of benzene rings is 3. The van der Waals surface area contributed by atoms with Gasteiger partial charge in [0.2, 0.25) is 29.5 Å². The number of phenols is 4. The number of carbonyl (C=O) groups excluding carboxylic acids is 1. The van der Waals surface area contributed by atoms with Gasteiger partial charge in [-0.2, -0.15) is 0 Å². The van der Waals surface area contributed by atoms with Crippen molar-refractivity contribution in [2.24, 2.45) is 0 Å². The highest BCUT2D eigenvalue weighted by molar-refractivity contribution is 5.89. The third-order valence-corrected chi connectivity index (χ3v) is 11.6. The molecule has 26 nitrogen and oxygen atoms in total. The molecule has 3 aliphatic heterocycles. The average molecular weight is 995 g/mol. The lowest BCUT2D eigenvalue weighted by Gasteiger charge is -2.46. The van der Waals surface area contributed by atoms with Crippen molar-refractivity contribution < 1.29 is 123 Å². The topological polar surface area (TPSA) is 414 Å². The van der Waals surface area contributed by atoms with Crippen LogP contribution in [0.15, 0.2) is 57.8 Å². The predicted molar refractivity (Wildman–Crippen MR) is 228 cm³/mol. The molecular weight excluding hydrogens is 944 g/mol. The summed E-state index contributed by atoms with van der Waals surface area (Å²) in [7, 11) is 2.54. The van der Waals surface area contributed by atoms with Crippen LogP contribution in [0.25, 0.3) is 28.4 Å². The van der Waals surface area contributed by atoms with Crippen LogP contribution in [0.3, 0.4) is 0 Å². The maximum absolute atomic E-state index is 14.6. The minimum Gasteiger partial charge on any atom is -0.507 e. The highest BCUT2D eigenvalue weighted by Gasteiger charge is 2.53. The highest BCUT2D eigenvalue weighted by atomic mass is 16.8. The van der Waals surface area contributed by atoms with Crippen LogP contribution in [-0.4, -0.2) is 204 Å². The van der Waals surface area contributed by atoms with Gasteiger partial charge >= 0.3 is 5.97 Å². The van der Waals surface area contributed by atoms with Gasteiger partial charge in [-0.25, -0.2) is 4.79 Å². The molecule has 0 amide bonds. The fraction of sp³-hybridized carbons (Fsp3) is 0.455. The van der Waals surface area contributed by atoms with Gasteiger partial charge in [-0.3, -0.25) is 4.79 Å². The zero-order valence-corrected chi connectivity index (χ0v) is 36.6. The molecule has 14 N–H and O–H groups in total. The van der Waals surface area contributed by atoms with Crippen LogP contribution in [-0.2, 0) is 28.5 Å². The average Bonchev–Trinajstić information content (AvgIpc) is 3.34. The molecule has 3 saturated heterocycles. The molecule has 1 aromatic heterocycles. The molecule has 4 heterocycles. The van der Waals surface area contributed by atoms with E-state index in [0.717, 1.165) is 36.4 Å². The number of rotatable bonds is 15. The number of esters is 1. The summed E-state index contributed by atoms with van der Waals surface area (Å²) in [6.45, 7) is -2.75. The number of aromatic hydroxyl groups is 4. The van der Waals surface area contributed by atoms with Crippen molar-refractivity contribution in [3.8, 4) is 57.3 Å². The normalized spacial score (nSPS) is 31.3. The summed E-state index contributed by atoms with van der Waals surface area (Å²) in [6, 6.07) is 7.61. The Labute approximate surface area is 393 Å². The van der Waals surface area contributed by atoms with Crippen LogP contribution >= 0.6 is 0 Å². The number of aliphatic hydroxyl groups is 10. The van der Waals surface area contributed by atoms with Crippen LogP contribution in [0.2, 0.25) is 0 Å². The second-order valence-corrected chi connectivity index (χ2v) is 16.1. The Morgan fingerprint density at radius 1 is 0.629 bits per heavy atom. The Balaban J connectivity index is 1.26. The van der Waals surface area contributed by atoms with E-state index in [0.29, 0.717) is 0 Å². The van der Waals surface area contributed by atoms with Gasteiger partial charge in [-0.15, -0.1) is 0 Å². The van der Waals surface area contributed by atoms with E-state index < -0.39 is 163 Å².